The second-order valence-electron chi connectivity index (χ2n) is 5.57. The summed E-state index contributed by atoms with van der Waals surface area (Å²) in [5, 5.41) is 0. The highest BCUT2D eigenvalue weighted by Crippen LogP contribution is 2.69. The monoisotopic (exact) mass is 259 g/mol. The number of ether oxygens (including phenoxy) is 1. The number of halogens is 2. The third-order valence-corrected chi connectivity index (χ3v) is 4.53. The largest absolute Gasteiger partial charge is 0.464 e. The smallest absolute Gasteiger partial charge is 0.332 e. The van der Waals surface area contributed by atoms with Crippen molar-refractivity contribution in [2.24, 2.45) is 5.41 Å². The van der Waals surface area contributed by atoms with Crippen LogP contribution < -0.4 is 0 Å². The number of hydrogen-bond acceptors (Lipinski definition) is 3. The van der Waals surface area contributed by atoms with Crippen molar-refractivity contribution >= 4 is 11.9 Å². The van der Waals surface area contributed by atoms with Gasteiger partial charge in [-0.15, -0.1) is 0 Å². The van der Waals surface area contributed by atoms with Gasteiger partial charge in [0.05, 0.1) is 12.0 Å². The predicted octanol–water partition coefficient (Wildman–Crippen LogP) is 1.34. The molecule has 0 unspecified atom stereocenters. The van der Waals surface area contributed by atoms with Gasteiger partial charge in [-0.2, -0.15) is 0 Å². The molecule has 2 aliphatic heterocycles. The maximum atomic E-state index is 13.5. The summed E-state index contributed by atoms with van der Waals surface area (Å²) in [4.78, 5) is 25.2. The van der Waals surface area contributed by atoms with Crippen LogP contribution in [0.4, 0.5) is 8.78 Å². The normalized spacial score (nSPS) is 40.2. The van der Waals surface area contributed by atoms with E-state index in [0.717, 1.165) is 0 Å². The summed E-state index contributed by atoms with van der Waals surface area (Å²) in [6, 6.07) is 0. The van der Waals surface area contributed by atoms with Gasteiger partial charge in [0.25, 0.3) is 5.92 Å². The zero-order chi connectivity index (χ0) is 13.2. The van der Waals surface area contributed by atoms with E-state index >= 15 is 0 Å². The molecule has 6 heteroatoms. The third-order valence-electron chi connectivity index (χ3n) is 4.53. The SMILES string of the molecule is CCOC(=O)[C@]12CCC(=O)N1C[C@]1(CC1(F)F)C2. The number of carbonyl (C=O) groups is 2. The summed E-state index contributed by atoms with van der Waals surface area (Å²) in [5.41, 5.74) is -2.29. The minimum atomic E-state index is -2.74. The lowest BCUT2D eigenvalue weighted by molar-refractivity contribution is -0.157. The first-order chi connectivity index (χ1) is 8.37. The first kappa shape index (κ1) is 11.9. The van der Waals surface area contributed by atoms with Crippen LogP contribution in [0.15, 0.2) is 0 Å². The molecule has 0 aromatic heterocycles. The van der Waals surface area contributed by atoms with Gasteiger partial charge >= 0.3 is 5.97 Å². The molecule has 0 aromatic carbocycles. The maximum absolute atomic E-state index is 13.5. The number of carbonyl (C=O) groups excluding carboxylic acids is 2. The molecule has 2 saturated heterocycles. The standard InChI is InChI=1S/C12H15F2NO3/c1-2-18-9(17)11-4-3-8(16)15(11)7-10(5-11)6-12(10,13)14/h2-7H2,1H3/t10-,11-/m1/s1. The predicted molar refractivity (Wildman–Crippen MR) is 56.9 cm³/mol. The van der Waals surface area contributed by atoms with E-state index in [-0.39, 0.29) is 38.3 Å². The van der Waals surface area contributed by atoms with Gasteiger partial charge in [-0.25, -0.2) is 13.6 Å². The minimum Gasteiger partial charge on any atom is -0.464 e. The molecule has 18 heavy (non-hydrogen) atoms. The highest BCUT2D eigenvalue weighted by atomic mass is 19.3. The number of nitrogens with zero attached hydrogens (tertiary/aromatic N) is 1. The molecule has 0 radical (unpaired) electrons. The van der Waals surface area contributed by atoms with E-state index in [4.69, 9.17) is 4.74 Å². The molecule has 0 aromatic rings. The molecule has 100 valence electrons. The first-order valence-corrected chi connectivity index (χ1v) is 6.22. The molecule has 1 amide bonds. The summed E-state index contributed by atoms with van der Waals surface area (Å²) in [6.45, 7) is 1.87. The van der Waals surface area contributed by atoms with Gasteiger partial charge in [-0.05, 0) is 19.8 Å². The Morgan fingerprint density at radius 3 is 2.67 bits per heavy atom. The zero-order valence-corrected chi connectivity index (χ0v) is 10.2. The van der Waals surface area contributed by atoms with Gasteiger partial charge in [-0.3, -0.25) is 4.79 Å². The zero-order valence-electron chi connectivity index (χ0n) is 10.2. The van der Waals surface area contributed by atoms with Crippen LogP contribution in [0, 0.1) is 5.41 Å². The van der Waals surface area contributed by atoms with Crippen LogP contribution in [0.25, 0.3) is 0 Å². The van der Waals surface area contributed by atoms with E-state index in [1.165, 1.54) is 4.90 Å². The van der Waals surface area contributed by atoms with E-state index in [9.17, 15) is 18.4 Å². The highest BCUT2D eigenvalue weighted by Gasteiger charge is 2.79. The van der Waals surface area contributed by atoms with Gasteiger partial charge < -0.3 is 9.64 Å². The molecule has 2 atom stereocenters. The van der Waals surface area contributed by atoms with E-state index < -0.39 is 22.8 Å². The number of rotatable bonds is 2. The lowest BCUT2D eigenvalue weighted by Gasteiger charge is -2.28. The lowest BCUT2D eigenvalue weighted by atomic mass is 9.88. The summed E-state index contributed by atoms with van der Waals surface area (Å²) in [7, 11) is 0. The molecule has 3 fully saturated rings. The Bertz CT molecular complexity index is 439. The molecule has 4 nitrogen and oxygen atoms in total. The Balaban J connectivity index is 1.92. The Morgan fingerprint density at radius 2 is 2.11 bits per heavy atom. The van der Waals surface area contributed by atoms with E-state index in [1.54, 1.807) is 6.92 Å². The van der Waals surface area contributed by atoms with Gasteiger partial charge in [0.1, 0.15) is 5.54 Å². The van der Waals surface area contributed by atoms with Crippen LogP contribution in [0.2, 0.25) is 0 Å². The summed E-state index contributed by atoms with van der Waals surface area (Å²) in [6.07, 6.45) is 0.394. The molecule has 3 rings (SSSR count). The molecule has 3 aliphatic rings. The molecular formula is C12H15F2NO3. The van der Waals surface area contributed by atoms with Crippen molar-refractivity contribution in [3.8, 4) is 0 Å². The van der Waals surface area contributed by atoms with E-state index in [2.05, 4.69) is 0 Å². The number of hydrogen-bond donors (Lipinski definition) is 0. The Hall–Kier alpha value is -1.20. The molecule has 0 bridgehead atoms. The van der Waals surface area contributed by atoms with Crippen LogP contribution >= 0.6 is 0 Å². The second kappa shape index (κ2) is 3.22. The lowest BCUT2D eigenvalue weighted by Crippen LogP contribution is -2.48. The Labute approximate surface area is 103 Å². The van der Waals surface area contributed by atoms with Crippen LogP contribution in [0.3, 0.4) is 0 Å². The fourth-order valence-corrected chi connectivity index (χ4v) is 3.46. The second-order valence-corrected chi connectivity index (χ2v) is 5.57. The van der Waals surface area contributed by atoms with Gasteiger partial charge in [0.2, 0.25) is 5.91 Å². The minimum absolute atomic E-state index is 0.00233. The molecule has 0 N–H and O–H groups in total. The van der Waals surface area contributed by atoms with Crippen LogP contribution in [0.1, 0.15) is 32.6 Å². The fourth-order valence-electron chi connectivity index (χ4n) is 3.46. The summed E-state index contributed by atoms with van der Waals surface area (Å²) in [5.74, 6) is -3.46. The Kier molecular flexibility index (Phi) is 2.12. The number of alkyl halides is 2. The number of fused-ring (bicyclic) bond motifs is 1. The van der Waals surface area contributed by atoms with Crippen LogP contribution in [-0.2, 0) is 14.3 Å². The first-order valence-electron chi connectivity index (χ1n) is 6.22. The fraction of sp³-hybridized carbons (Fsp3) is 0.833. The summed E-state index contributed by atoms with van der Waals surface area (Å²) < 4.78 is 31.9. The molecular weight excluding hydrogens is 244 g/mol. The van der Waals surface area contributed by atoms with Gasteiger partial charge in [0.15, 0.2) is 0 Å². The molecule has 1 aliphatic carbocycles. The quantitative estimate of drug-likeness (QED) is 0.703. The van der Waals surface area contributed by atoms with Crippen molar-refractivity contribution in [3.63, 3.8) is 0 Å². The van der Waals surface area contributed by atoms with Crippen molar-refractivity contribution in [2.45, 2.75) is 44.1 Å². The van der Waals surface area contributed by atoms with Crippen molar-refractivity contribution in [1.29, 1.82) is 0 Å². The van der Waals surface area contributed by atoms with E-state index in [0.29, 0.717) is 6.42 Å². The average Bonchev–Trinajstić information content (AvgIpc) is 2.60. The van der Waals surface area contributed by atoms with Crippen LogP contribution in [0.5, 0.6) is 0 Å². The Morgan fingerprint density at radius 1 is 1.44 bits per heavy atom. The topological polar surface area (TPSA) is 46.6 Å². The van der Waals surface area contributed by atoms with Crippen molar-refractivity contribution < 1.29 is 23.1 Å². The van der Waals surface area contributed by atoms with Gasteiger partial charge in [0, 0.05) is 19.4 Å². The average molecular weight is 259 g/mol. The highest BCUT2D eigenvalue weighted by molar-refractivity contribution is 5.93. The summed E-state index contributed by atoms with van der Waals surface area (Å²) >= 11 is 0. The van der Waals surface area contributed by atoms with Crippen molar-refractivity contribution in [1.82, 2.24) is 4.90 Å². The van der Waals surface area contributed by atoms with E-state index in [1.807, 2.05) is 0 Å². The molecule has 1 saturated carbocycles. The van der Waals surface area contributed by atoms with Crippen molar-refractivity contribution in [3.05, 3.63) is 0 Å². The van der Waals surface area contributed by atoms with Gasteiger partial charge in [-0.1, -0.05) is 0 Å². The van der Waals surface area contributed by atoms with Crippen LogP contribution in [-0.4, -0.2) is 41.4 Å². The molecule has 1 spiro atoms. The third kappa shape index (κ3) is 1.23. The number of amides is 1. The maximum Gasteiger partial charge on any atom is 0.332 e. The number of esters is 1. The molecule has 2 heterocycles. The van der Waals surface area contributed by atoms with Crippen molar-refractivity contribution in [2.75, 3.05) is 13.2 Å².